The number of carbonyl (C=O) groups excluding carboxylic acids is 1. The normalized spacial score (nSPS) is 12.1. The summed E-state index contributed by atoms with van der Waals surface area (Å²) >= 11 is 0. The molecule has 0 aliphatic heterocycles. The summed E-state index contributed by atoms with van der Waals surface area (Å²) in [6.45, 7) is 4.17. The highest BCUT2D eigenvalue weighted by molar-refractivity contribution is 5.78. The van der Waals surface area contributed by atoms with Gasteiger partial charge in [0.15, 0.2) is 5.82 Å². The lowest BCUT2D eigenvalue weighted by Gasteiger charge is -2.14. The minimum Gasteiger partial charge on any atom is -0.346 e. The van der Waals surface area contributed by atoms with E-state index in [-0.39, 0.29) is 11.9 Å². The first-order chi connectivity index (χ1) is 10.2. The van der Waals surface area contributed by atoms with Crippen LogP contribution in [0.4, 0.5) is 0 Å². The fraction of sp³-hybridized carbons (Fsp3) is 0.467. The molecule has 0 radical (unpaired) electrons. The summed E-state index contributed by atoms with van der Waals surface area (Å²) in [5.74, 6) is 0.508. The summed E-state index contributed by atoms with van der Waals surface area (Å²) in [6, 6.07) is 7.94. The van der Waals surface area contributed by atoms with Crippen molar-refractivity contribution in [2.75, 3.05) is 0 Å². The molecule has 2 N–H and O–H groups in total. The lowest BCUT2D eigenvalue weighted by atomic mass is 10.1. The van der Waals surface area contributed by atoms with Crippen LogP contribution in [0.3, 0.4) is 0 Å². The Kier molecular flexibility index (Phi) is 5.43. The molecule has 0 bridgehead atoms. The number of aromatic amines is 1. The van der Waals surface area contributed by atoms with Crippen molar-refractivity contribution in [2.45, 2.75) is 45.6 Å². The van der Waals surface area contributed by atoms with E-state index in [2.05, 4.69) is 51.9 Å². The van der Waals surface area contributed by atoms with E-state index in [4.69, 9.17) is 0 Å². The number of nitrogens with zero attached hydrogens (tertiary/aromatic N) is 3. The lowest BCUT2D eigenvalue weighted by molar-refractivity contribution is -0.121. The highest BCUT2D eigenvalue weighted by atomic mass is 16.1. The number of nitrogens with one attached hydrogen (secondary N) is 2. The van der Waals surface area contributed by atoms with Crippen LogP contribution in [0.1, 0.15) is 49.7 Å². The second kappa shape index (κ2) is 7.52. The fourth-order valence-corrected chi connectivity index (χ4v) is 2.20. The molecule has 1 amide bonds. The molecular formula is C15H21N5O. The second-order valence-electron chi connectivity index (χ2n) is 5.03. The minimum atomic E-state index is -0.184. The first-order valence-electron chi connectivity index (χ1n) is 7.33. The number of aromatic nitrogens is 4. The van der Waals surface area contributed by atoms with Gasteiger partial charge in [-0.3, -0.25) is 4.79 Å². The number of tetrazole rings is 1. The van der Waals surface area contributed by atoms with Crippen molar-refractivity contribution in [2.24, 2.45) is 0 Å². The van der Waals surface area contributed by atoms with Crippen molar-refractivity contribution in [3.8, 4) is 0 Å². The maximum absolute atomic E-state index is 12.2. The average Bonchev–Trinajstić information content (AvgIpc) is 3.02. The van der Waals surface area contributed by atoms with Gasteiger partial charge in [-0.15, -0.1) is 10.2 Å². The van der Waals surface area contributed by atoms with Gasteiger partial charge in [0.1, 0.15) is 0 Å². The van der Waals surface area contributed by atoms with Gasteiger partial charge in [-0.05, 0) is 24.0 Å². The molecule has 0 saturated carbocycles. The Morgan fingerprint density at radius 2 is 1.95 bits per heavy atom. The first kappa shape index (κ1) is 15.2. The zero-order chi connectivity index (χ0) is 15.1. The van der Waals surface area contributed by atoms with Gasteiger partial charge in [-0.2, -0.15) is 5.21 Å². The largest absolute Gasteiger partial charge is 0.346 e. The van der Waals surface area contributed by atoms with Crippen molar-refractivity contribution in [3.05, 3.63) is 41.2 Å². The molecule has 0 aliphatic rings. The van der Waals surface area contributed by atoms with E-state index in [9.17, 15) is 4.79 Å². The Bertz CT molecular complexity index is 550. The van der Waals surface area contributed by atoms with E-state index in [0.717, 1.165) is 24.8 Å². The van der Waals surface area contributed by atoms with E-state index in [1.165, 1.54) is 5.56 Å². The second-order valence-corrected chi connectivity index (χ2v) is 5.03. The third-order valence-electron chi connectivity index (χ3n) is 3.38. The molecule has 0 saturated heterocycles. The molecular weight excluding hydrogens is 266 g/mol. The molecule has 1 aromatic carbocycles. The van der Waals surface area contributed by atoms with Gasteiger partial charge in [0.25, 0.3) is 0 Å². The Balaban J connectivity index is 1.95. The molecule has 6 heteroatoms. The Hall–Kier alpha value is -2.24. The van der Waals surface area contributed by atoms with Crippen molar-refractivity contribution in [1.82, 2.24) is 25.9 Å². The summed E-state index contributed by atoms with van der Waals surface area (Å²) < 4.78 is 0. The van der Waals surface area contributed by atoms with Gasteiger partial charge in [0, 0.05) is 0 Å². The van der Waals surface area contributed by atoms with E-state index < -0.39 is 0 Å². The molecule has 1 atom stereocenters. The van der Waals surface area contributed by atoms with E-state index in [0.29, 0.717) is 12.2 Å². The number of H-pyrrole nitrogens is 1. The molecule has 0 aliphatic carbocycles. The third-order valence-corrected chi connectivity index (χ3v) is 3.38. The predicted octanol–water partition coefficient (Wildman–Crippen LogP) is 1.96. The van der Waals surface area contributed by atoms with Gasteiger partial charge in [0.2, 0.25) is 5.91 Å². The molecule has 1 aromatic heterocycles. The van der Waals surface area contributed by atoms with Crippen LogP contribution in [0.15, 0.2) is 24.3 Å². The van der Waals surface area contributed by atoms with Crippen LogP contribution < -0.4 is 5.32 Å². The molecule has 2 aromatic rings. The van der Waals surface area contributed by atoms with E-state index >= 15 is 0 Å². The Morgan fingerprint density at radius 1 is 1.24 bits per heavy atom. The molecule has 2 rings (SSSR count). The number of benzene rings is 1. The van der Waals surface area contributed by atoms with Crippen LogP contribution in [0, 0.1) is 0 Å². The monoisotopic (exact) mass is 287 g/mol. The van der Waals surface area contributed by atoms with Crippen LogP contribution in [-0.4, -0.2) is 26.5 Å². The SMILES string of the molecule is CCCC(NC(=O)Cc1ccc(CC)cc1)c1nn[nH]n1. The van der Waals surface area contributed by atoms with Crippen molar-refractivity contribution < 1.29 is 4.79 Å². The van der Waals surface area contributed by atoms with Crippen molar-refractivity contribution >= 4 is 5.91 Å². The zero-order valence-electron chi connectivity index (χ0n) is 12.5. The topological polar surface area (TPSA) is 83.6 Å². The van der Waals surface area contributed by atoms with Gasteiger partial charge in [0.05, 0.1) is 12.5 Å². The van der Waals surface area contributed by atoms with Crippen LogP contribution in [-0.2, 0) is 17.6 Å². The summed E-state index contributed by atoms with van der Waals surface area (Å²) in [5.41, 5.74) is 2.28. The first-order valence-corrected chi connectivity index (χ1v) is 7.33. The summed E-state index contributed by atoms with van der Waals surface area (Å²) in [6.07, 6.45) is 3.09. The number of hydrogen-bond acceptors (Lipinski definition) is 4. The maximum Gasteiger partial charge on any atom is 0.225 e. The number of amides is 1. The minimum absolute atomic E-state index is 0.0255. The average molecular weight is 287 g/mol. The highest BCUT2D eigenvalue weighted by Gasteiger charge is 2.17. The smallest absolute Gasteiger partial charge is 0.225 e. The molecule has 0 spiro atoms. The maximum atomic E-state index is 12.2. The number of carbonyl (C=O) groups is 1. The van der Waals surface area contributed by atoms with E-state index in [1.54, 1.807) is 0 Å². The molecule has 0 fully saturated rings. The number of aryl methyl sites for hydroxylation is 1. The fourth-order valence-electron chi connectivity index (χ4n) is 2.20. The van der Waals surface area contributed by atoms with Crippen LogP contribution in [0.2, 0.25) is 0 Å². The quantitative estimate of drug-likeness (QED) is 0.815. The van der Waals surface area contributed by atoms with Crippen LogP contribution in [0.25, 0.3) is 0 Å². The molecule has 1 heterocycles. The standard InChI is InChI=1S/C15H21N5O/c1-3-5-13(15-17-19-20-18-15)16-14(21)10-12-8-6-11(4-2)7-9-12/h6-9,13H,3-5,10H2,1-2H3,(H,16,21)(H,17,18,19,20). The van der Waals surface area contributed by atoms with Gasteiger partial charge in [-0.1, -0.05) is 49.7 Å². The van der Waals surface area contributed by atoms with Crippen molar-refractivity contribution in [3.63, 3.8) is 0 Å². The molecule has 112 valence electrons. The van der Waals surface area contributed by atoms with Crippen LogP contribution in [0.5, 0.6) is 0 Å². The summed E-state index contributed by atoms with van der Waals surface area (Å²) in [7, 11) is 0. The third kappa shape index (κ3) is 4.37. The van der Waals surface area contributed by atoms with Crippen LogP contribution >= 0.6 is 0 Å². The highest BCUT2D eigenvalue weighted by Crippen LogP contribution is 2.13. The van der Waals surface area contributed by atoms with Gasteiger partial charge < -0.3 is 5.32 Å². The Morgan fingerprint density at radius 3 is 2.52 bits per heavy atom. The zero-order valence-corrected chi connectivity index (χ0v) is 12.5. The van der Waals surface area contributed by atoms with Crippen molar-refractivity contribution in [1.29, 1.82) is 0 Å². The number of hydrogen-bond donors (Lipinski definition) is 2. The van der Waals surface area contributed by atoms with Gasteiger partial charge >= 0.3 is 0 Å². The predicted molar refractivity (Wildman–Crippen MR) is 79.5 cm³/mol. The van der Waals surface area contributed by atoms with E-state index in [1.807, 2.05) is 12.1 Å². The summed E-state index contributed by atoms with van der Waals surface area (Å²) in [5, 5.41) is 16.9. The Labute approximate surface area is 124 Å². The summed E-state index contributed by atoms with van der Waals surface area (Å²) in [4.78, 5) is 12.2. The van der Waals surface area contributed by atoms with Gasteiger partial charge in [-0.25, -0.2) is 0 Å². The molecule has 1 unspecified atom stereocenters. The molecule has 6 nitrogen and oxygen atoms in total. The number of rotatable bonds is 7. The molecule has 21 heavy (non-hydrogen) atoms. The lowest BCUT2D eigenvalue weighted by Crippen LogP contribution is -2.30.